The summed E-state index contributed by atoms with van der Waals surface area (Å²) >= 11 is 0. The predicted octanol–water partition coefficient (Wildman–Crippen LogP) is 4.62. The van der Waals surface area contributed by atoms with E-state index < -0.39 is 0 Å². The molecule has 2 aliphatic carbocycles. The lowest BCUT2D eigenvalue weighted by atomic mass is 9.84. The zero-order chi connectivity index (χ0) is 25.2. The van der Waals surface area contributed by atoms with E-state index in [4.69, 9.17) is 14.5 Å². The summed E-state index contributed by atoms with van der Waals surface area (Å²) in [4.78, 5) is 22.7. The van der Waals surface area contributed by atoms with Crippen molar-refractivity contribution in [3.05, 3.63) is 66.0 Å². The number of imidazole rings is 1. The second-order valence-corrected chi connectivity index (χ2v) is 11.1. The van der Waals surface area contributed by atoms with E-state index in [0.29, 0.717) is 23.7 Å². The number of ether oxygens (including phenoxy) is 2. The van der Waals surface area contributed by atoms with E-state index in [1.165, 1.54) is 0 Å². The van der Waals surface area contributed by atoms with Crippen molar-refractivity contribution in [3.63, 3.8) is 0 Å². The molecule has 0 aromatic carbocycles. The summed E-state index contributed by atoms with van der Waals surface area (Å²) in [7, 11) is 0. The molecule has 2 unspecified atom stereocenters. The van der Waals surface area contributed by atoms with Crippen molar-refractivity contribution in [2.24, 2.45) is 0 Å². The average Bonchev–Trinajstić information content (AvgIpc) is 3.62. The van der Waals surface area contributed by atoms with Crippen LogP contribution in [0, 0.1) is 6.92 Å². The number of hydrogen-bond donors (Lipinski definition) is 1. The van der Waals surface area contributed by atoms with E-state index in [9.17, 15) is 4.79 Å². The van der Waals surface area contributed by atoms with E-state index in [1.54, 1.807) is 16.9 Å². The molecule has 2 atom stereocenters. The van der Waals surface area contributed by atoms with Crippen LogP contribution in [0.4, 0.5) is 5.82 Å². The molecule has 1 aliphatic heterocycles. The van der Waals surface area contributed by atoms with Crippen LogP contribution in [0.1, 0.15) is 67.2 Å². The number of pyridine rings is 2. The minimum atomic E-state index is -0.265. The van der Waals surface area contributed by atoms with Crippen LogP contribution in [0.25, 0.3) is 11.3 Å². The first-order valence-corrected chi connectivity index (χ1v) is 13.0. The molecule has 37 heavy (non-hydrogen) atoms. The van der Waals surface area contributed by atoms with Crippen LogP contribution < -0.4 is 10.1 Å². The fraction of sp³-hybridized carbons (Fsp3) is 0.429. The van der Waals surface area contributed by atoms with Gasteiger partial charge in [0.1, 0.15) is 11.4 Å². The van der Waals surface area contributed by atoms with E-state index in [1.807, 2.05) is 41.9 Å². The third-order valence-electron chi connectivity index (χ3n) is 8.21. The first kappa shape index (κ1) is 22.5. The maximum Gasteiger partial charge on any atom is 0.262 e. The summed E-state index contributed by atoms with van der Waals surface area (Å²) in [6.07, 6.45) is 13.8. The van der Waals surface area contributed by atoms with Gasteiger partial charge >= 0.3 is 0 Å². The zero-order valence-corrected chi connectivity index (χ0v) is 21.1. The maximum atomic E-state index is 13.5. The van der Waals surface area contributed by atoms with E-state index in [2.05, 4.69) is 28.5 Å². The summed E-state index contributed by atoms with van der Waals surface area (Å²) in [5.41, 5.74) is 3.98. The number of fused-ring (bicyclic) bond motifs is 3. The summed E-state index contributed by atoms with van der Waals surface area (Å²) in [5, 5.41) is 7.49. The molecule has 9 heteroatoms. The number of hydrogen-bond acceptors (Lipinski definition) is 6. The molecule has 190 valence electrons. The number of carbonyl (C=O) groups excluding carboxylic acids is 1. The molecule has 2 saturated carbocycles. The summed E-state index contributed by atoms with van der Waals surface area (Å²) < 4.78 is 16.1. The van der Waals surface area contributed by atoms with Crippen LogP contribution in [0.3, 0.4) is 0 Å². The zero-order valence-electron chi connectivity index (χ0n) is 21.1. The Kier molecular flexibility index (Phi) is 4.95. The number of nitrogens with zero attached hydrogens (tertiary/aromatic N) is 5. The minimum absolute atomic E-state index is 0.0439. The molecule has 5 heterocycles. The average molecular weight is 499 g/mol. The standard InChI is InChI=1S/C28H30N6O3/c1-18-12-19(6-10-29-18)34-11-7-24(32-34)31-26(35)21-14-33-15-23(28-9-8-27(2,16-28)36-17-28)30-25(33)13-22(21)37-20-4-3-5-20/h6-7,10-15,20H,3-5,8-9,16-17H2,1-2H3,(H,31,32,35). The van der Waals surface area contributed by atoms with Gasteiger partial charge < -0.3 is 19.2 Å². The molecule has 4 aromatic heterocycles. The highest BCUT2D eigenvalue weighted by Gasteiger charge is 2.55. The van der Waals surface area contributed by atoms with Gasteiger partial charge in [0.25, 0.3) is 5.91 Å². The molecule has 1 saturated heterocycles. The summed E-state index contributed by atoms with van der Waals surface area (Å²) in [5.74, 6) is 0.763. The second-order valence-electron chi connectivity index (χ2n) is 11.1. The van der Waals surface area contributed by atoms with Crippen molar-refractivity contribution >= 4 is 17.4 Å². The Labute approximate surface area is 214 Å². The van der Waals surface area contributed by atoms with Crippen LogP contribution in [0.15, 0.2) is 49.1 Å². The van der Waals surface area contributed by atoms with Gasteiger partial charge in [-0.25, -0.2) is 9.67 Å². The molecule has 1 amide bonds. The Morgan fingerprint density at radius 3 is 2.81 bits per heavy atom. The van der Waals surface area contributed by atoms with E-state index in [-0.39, 0.29) is 23.0 Å². The maximum absolute atomic E-state index is 13.5. The molecule has 0 spiro atoms. The van der Waals surface area contributed by atoms with Crippen molar-refractivity contribution in [2.75, 3.05) is 11.9 Å². The minimum Gasteiger partial charge on any atom is -0.489 e. The normalized spacial score (nSPS) is 24.9. The van der Waals surface area contributed by atoms with Crippen molar-refractivity contribution in [1.82, 2.24) is 24.1 Å². The molecule has 2 bridgehead atoms. The lowest BCUT2D eigenvalue weighted by molar-refractivity contribution is -0.00627. The fourth-order valence-corrected chi connectivity index (χ4v) is 5.85. The van der Waals surface area contributed by atoms with Crippen LogP contribution in [0.5, 0.6) is 5.75 Å². The number of rotatable bonds is 6. The van der Waals surface area contributed by atoms with Crippen molar-refractivity contribution in [3.8, 4) is 11.4 Å². The predicted molar refractivity (Wildman–Crippen MR) is 137 cm³/mol. The quantitative estimate of drug-likeness (QED) is 0.417. The molecule has 3 aliphatic rings. The SMILES string of the molecule is Cc1cc(-n2ccc(NC(=O)c3cn4cc(C56CCC(C)(C5)OC6)nc4cc3OC3CCC3)n2)ccn1. The van der Waals surface area contributed by atoms with Crippen molar-refractivity contribution in [1.29, 1.82) is 0 Å². The fourth-order valence-electron chi connectivity index (χ4n) is 5.85. The van der Waals surface area contributed by atoms with Crippen LogP contribution in [-0.2, 0) is 10.2 Å². The lowest BCUT2D eigenvalue weighted by Gasteiger charge is -2.27. The highest BCUT2D eigenvalue weighted by Crippen LogP contribution is 2.53. The highest BCUT2D eigenvalue weighted by atomic mass is 16.5. The van der Waals surface area contributed by atoms with Gasteiger partial charge in [0.15, 0.2) is 5.82 Å². The molecule has 7 rings (SSSR count). The molecular formula is C28H30N6O3. The Morgan fingerprint density at radius 2 is 2.11 bits per heavy atom. The molecule has 1 N–H and O–H groups in total. The van der Waals surface area contributed by atoms with Gasteiger partial charge in [-0.15, -0.1) is 0 Å². The van der Waals surface area contributed by atoms with E-state index >= 15 is 0 Å². The monoisotopic (exact) mass is 498 g/mol. The number of nitrogens with one attached hydrogen (secondary N) is 1. The molecule has 0 radical (unpaired) electrons. The first-order chi connectivity index (χ1) is 17.9. The van der Waals surface area contributed by atoms with Gasteiger partial charge in [0.05, 0.1) is 35.3 Å². The number of carbonyl (C=O) groups is 1. The van der Waals surface area contributed by atoms with E-state index in [0.717, 1.165) is 61.2 Å². The van der Waals surface area contributed by atoms with Crippen LogP contribution in [-0.4, -0.2) is 48.4 Å². The van der Waals surface area contributed by atoms with Gasteiger partial charge in [0.2, 0.25) is 0 Å². The van der Waals surface area contributed by atoms with Gasteiger partial charge in [-0.1, -0.05) is 0 Å². The molecule has 3 fully saturated rings. The van der Waals surface area contributed by atoms with Crippen molar-refractivity contribution < 1.29 is 14.3 Å². The second kappa shape index (κ2) is 8.14. The number of anilines is 1. The lowest BCUT2D eigenvalue weighted by Crippen LogP contribution is -2.26. The Bertz CT molecular complexity index is 1510. The molecular weight excluding hydrogens is 468 g/mol. The number of aryl methyl sites for hydroxylation is 1. The van der Waals surface area contributed by atoms with Crippen molar-refractivity contribution in [2.45, 2.75) is 69.5 Å². The van der Waals surface area contributed by atoms with Gasteiger partial charge in [-0.05, 0) is 64.5 Å². The molecule has 4 aromatic rings. The summed E-state index contributed by atoms with van der Waals surface area (Å²) in [6, 6.07) is 7.50. The van der Waals surface area contributed by atoms with Gasteiger partial charge in [0, 0.05) is 48.0 Å². The Hall–Kier alpha value is -3.72. The summed E-state index contributed by atoms with van der Waals surface area (Å²) in [6.45, 7) is 4.83. The third-order valence-corrected chi connectivity index (χ3v) is 8.21. The first-order valence-electron chi connectivity index (χ1n) is 13.0. The van der Waals surface area contributed by atoms with Gasteiger partial charge in [-0.3, -0.25) is 9.78 Å². The van der Waals surface area contributed by atoms with Crippen LogP contribution in [0.2, 0.25) is 0 Å². The third kappa shape index (κ3) is 3.89. The Balaban J connectivity index is 1.20. The topological polar surface area (TPSA) is 95.6 Å². The smallest absolute Gasteiger partial charge is 0.262 e. The number of amides is 1. The van der Waals surface area contributed by atoms with Gasteiger partial charge in [-0.2, -0.15) is 5.10 Å². The van der Waals surface area contributed by atoms with Crippen LogP contribution >= 0.6 is 0 Å². The Morgan fingerprint density at radius 1 is 1.22 bits per heavy atom. The molecule has 9 nitrogen and oxygen atoms in total. The largest absolute Gasteiger partial charge is 0.489 e. The highest BCUT2D eigenvalue weighted by molar-refractivity contribution is 6.05. The number of aromatic nitrogens is 5.